The van der Waals surface area contributed by atoms with Gasteiger partial charge in [0.05, 0.1) is 0 Å². The normalized spacial score (nSPS) is 19.0. The number of carbonyl (C=O) groups is 2. The zero-order valence-corrected chi connectivity index (χ0v) is 16.9. The summed E-state index contributed by atoms with van der Waals surface area (Å²) in [6.07, 6.45) is 4.75. The molecule has 1 rings (SSSR count). The van der Waals surface area contributed by atoms with E-state index >= 15 is 0 Å². The first-order chi connectivity index (χ1) is 12.1. The second kappa shape index (κ2) is 11.1. The third-order valence-corrected chi connectivity index (χ3v) is 7.24. The Balaban J connectivity index is 2.26. The van der Waals surface area contributed by atoms with Crippen molar-refractivity contribution in [3.05, 3.63) is 0 Å². The maximum absolute atomic E-state index is 11.7. The van der Waals surface area contributed by atoms with Crippen molar-refractivity contribution in [1.29, 1.82) is 0 Å². The molecular formula is C17H36N3O5P. The first-order valence-corrected chi connectivity index (χ1v) is 11.8. The van der Waals surface area contributed by atoms with E-state index in [-0.39, 0.29) is 25.2 Å². The third kappa shape index (κ3) is 9.24. The summed E-state index contributed by atoms with van der Waals surface area (Å²) < 4.78 is 0. The summed E-state index contributed by atoms with van der Waals surface area (Å²) in [4.78, 5) is 43.9. The van der Waals surface area contributed by atoms with E-state index in [4.69, 9.17) is 5.73 Å². The summed E-state index contributed by atoms with van der Waals surface area (Å²) in [5, 5.41) is 14.9. The average Bonchev–Trinajstić information content (AvgIpc) is 2.57. The van der Waals surface area contributed by atoms with Gasteiger partial charge in [0.15, 0.2) is 0 Å². The van der Waals surface area contributed by atoms with E-state index in [2.05, 4.69) is 10.6 Å². The van der Waals surface area contributed by atoms with Gasteiger partial charge in [0, 0.05) is 0 Å². The summed E-state index contributed by atoms with van der Waals surface area (Å²) in [7, 11) is -3.48. The number of carbonyl (C=O) groups excluding carboxylic acids is 2. The number of rotatable bonds is 10. The second-order valence-electron chi connectivity index (χ2n) is 7.84. The summed E-state index contributed by atoms with van der Waals surface area (Å²) in [5.41, 5.74) is 5.68. The Kier molecular flexibility index (Phi) is 9.97. The van der Waals surface area contributed by atoms with Crippen LogP contribution in [-0.2, 0) is 9.59 Å². The Morgan fingerprint density at radius 1 is 1.15 bits per heavy atom. The Hall–Kier alpha value is -0.790. The van der Waals surface area contributed by atoms with Crippen LogP contribution in [0.3, 0.4) is 0 Å². The van der Waals surface area contributed by atoms with Gasteiger partial charge in [0.2, 0.25) is 0 Å². The van der Waals surface area contributed by atoms with Crippen LogP contribution in [0.1, 0.15) is 46.0 Å². The molecule has 1 unspecified atom stereocenters. The molecule has 0 saturated heterocycles. The van der Waals surface area contributed by atoms with Crippen LogP contribution in [-0.4, -0.2) is 64.3 Å². The molecule has 1 saturated carbocycles. The Morgan fingerprint density at radius 2 is 1.77 bits per heavy atom. The molecule has 0 aromatic rings. The van der Waals surface area contributed by atoms with E-state index in [0.29, 0.717) is 12.1 Å². The van der Waals surface area contributed by atoms with Crippen LogP contribution < -0.4 is 16.4 Å². The van der Waals surface area contributed by atoms with Crippen molar-refractivity contribution < 1.29 is 24.5 Å². The number of hydrogen-bond donors (Lipinski definition) is 6. The van der Waals surface area contributed by atoms with Crippen molar-refractivity contribution in [3.8, 4) is 0 Å². The first-order valence-electron chi connectivity index (χ1n) is 9.53. The van der Waals surface area contributed by atoms with Gasteiger partial charge in [-0.2, -0.15) is 0 Å². The molecule has 8 nitrogen and oxygen atoms in total. The van der Waals surface area contributed by atoms with Gasteiger partial charge in [-0.25, -0.2) is 0 Å². The molecule has 1 aliphatic rings. The fraction of sp³-hybridized carbons (Fsp3) is 0.882. The summed E-state index contributed by atoms with van der Waals surface area (Å²) in [6, 6.07) is -0.677. The van der Waals surface area contributed by atoms with Gasteiger partial charge in [-0.05, 0) is 0 Å². The molecule has 0 aliphatic heterocycles. The molecule has 1 fully saturated rings. The first kappa shape index (κ1) is 23.2. The molecule has 26 heavy (non-hydrogen) atoms. The second-order valence-corrected chi connectivity index (χ2v) is 10.6. The van der Waals surface area contributed by atoms with Gasteiger partial charge in [0.1, 0.15) is 0 Å². The fourth-order valence-corrected chi connectivity index (χ4v) is 5.67. The predicted octanol–water partition coefficient (Wildman–Crippen LogP) is -0.292. The molecular weight excluding hydrogens is 357 g/mol. The number of aliphatic hydroxyl groups excluding tert-OH is 1. The van der Waals surface area contributed by atoms with E-state index < -0.39 is 31.7 Å². The van der Waals surface area contributed by atoms with Crippen LogP contribution in [0.4, 0.5) is 0 Å². The van der Waals surface area contributed by atoms with E-state index in [0.717, 1.165) is 25.7 Å². The van der Waals surface area contributed by atoms with Crippen molar-refractivity contribution >= 4 is 19.5 Å². The van der Waals surface area contributed by atoms with Gasteiger partial charge in [-0.15, -0.1) is 0 Å². The molecule has 0 bridgehead atoms. The minimum absolute atomic E-state index is 0.0313. The van der Waals surface area contributed by atoms with Gasteiger partial charge >= 0.3 is 156 Å². The average molecular weight is 393 g/mol. The molecule has 0 aromatic carbocycles. The maximum atomic E-state index is 11.7. The summed E-state index contributed by atoms with van der Waals surface area (Å²) >= 11 is 0. The zero-order valence-electron chi connectivity index (χ0n) is 15.9. The van der Waals surface area contributed by atoms with Crippen molar-refractivity contribution in [1.82, 2.24) is 10.6 Å². The van der Waals surface area contributed by atoms with Crippen molar-refractivity contribution in [2.24, 2.45) is 17.6 Å². The SMILES string of the molecule is CC(C)C(N)C(=O)NCC(=O)NC[C@@H](O)C[PH](O)(O)CC1CCCCC1. The molecule has 0 aromatic heterocycles. The van der Waals surface area contributed by atoms with Crippen molar-refractivity contribution in [2.45, 2.75) is 58.1 Å². The molecule has 0 heterocycles. The molecule has 9 heteroatoms. The zero-order chi connectivity index (χ0) is 19.7. The summed E-state index contributed by atoms with van der Waals surface area (Å²) in [6.45, 7) is 3.32. The minimum atomic E-state index is -3.48. The molecule has 2 atom stereocenters. The molecule has 2 amide bonds. The van der Waals surface area contributed by atoms with Gasteiger partial charge < -0.3 is 0 Å². The number of aliphatic hydroxyl groups is 1. The van der Waals surface area contributed by atoms with Crippen molar-refractivity contribution in [3.63, 3.8) is 0 Å². The predicted molar refractivity (Wildman–Crippen MR) is 104 cm³/mol. The van der Waals surface area contributed by atoms with Gasteiger partial charge in [-0.3, -0.25) is 0 Å². The van der Waals surface area contributed by atoms with Crippen LogP contribution in [0.15, 0.2) is 0 Å². The van der Waals surface area contributed by atoms with Crippen LogP contribution in [0.25, 0.3) is 0 Å². The monoisotopic (exact) mass is 393 g/mol. The quantitative estimate of drug-likeness (QED) is 0.281. The Morgan fingerprint density at radius 3 is 2.35 bits per heavy atom. The molecule has 1 aliphatic carbocycles. The molecule has 154 valence electrons. The van der Waals surface area contributed by atoms with E-state index in [1.165, 1.54) is 6.42 Å². The van der Waals surface area contributed by atoms with E-state index in [1.54, 1.807) is 0 Å². The Labute approximate surface area is 156 Å². The topological polar surface area (TPSA) is 145 Å². The summed E-state index contributed by atoms with van der Waals surface area (Å²) in [5.74, 6) is -0.562. The van der Waals surface area contributed by atoms with Gasteiger partial charge in [0.25, 0.3) is 0 Å². The number of amides is 2. The van der Waals surface area contributed by atoms with E-state index in [9.17, 15) is 24.5 Å². The molecule has 0 spiro atoms. The number of nitrogens with two attached hydrogens (primary N) is 1. The number of nitrogens with one attached hydrogen (secondary N) is 2. The standard InChI is InChI=1S/C17H36N3O5P/c1-12(2)16(18)17(23)20-9-15(22)19-8-14(21)11-26(24,25)10-13-6-4-3-5-7-13/h12-14,16,21,24-26H,3-11,18H2,1-2H3,(H,19,22)(H,20,23)/t14-,16?/m1/s1. The Bertz CT molecular complexity index is 456. The number of hydrogen-bond acceptors (Lipinski definition) is 6. The van der Waals surface area contributed by atoms with Crippen LogP contribution >= 0.6 is 7.72 Å². The van der Waals surface area contributed by atoms with Crippen LogP contribution in [0, 0.1) is 11.8 Å². The third-order valence-electron chi connectivity index (χ3n) is 4.88. The van der Waals surface area contributed by atoms with Crippen LogP contribution in [0.2, 0.25) is 0 Å². The molecule has 7 N–H and O–H groups in total. The molecule has 0 radical (unpaired) electrons. The van der Waals surface area contributed by atoms with E-state index in [1.807, 2.05) is 13.8 Å². The van der Waals surface area contributed by atoms with Crippen molar-refractivity contribution in [2.75, 3.05) is 25.4 Å². The van der Waals surface area contributed by atoms with Crippen LogP contribution in [0.5, 0.6) is 0 Å². The van der Waals surface area contributed by atoms with Gasteiger partial charge in [-0.1, -0.05) is 0 Å². The fourth-order valence-electron chi connectivity index (χ4n) is 3.27.